The van der Waals surface area contributed by atoms with E-state index in [2.05, 4.69) is 33.8 Å². The summed E-state index contributed by atoms with van der Waals surface area (Å²) in [4.78, 5) is 2.33. The number of likely N-dealkylation sites (N-methyl/N-ethyl adjacent to an activating group) is 1. The number of nitrogen functional groups attached to an aromatic ring is 2. The van der Waals surface area contributed by atoms with Crippen LogP contribution in [0.5, 0.6) is 5.88 Å². The third kappa shape index (κ3) is 6.09. The molecular weight excluding hydrogens is 492 g/mol. The van der Waals surface area contributed by atoms with Crippen LogP contribution in [-0.4, -0.2) is 75.2 Å². The number of aromatic nitrogens is 6. The van der Waals surface area contributed by atoms with Crippen molar-refractivity contribution in [3.8, 4) is 5.88 Å². The van der Waals surface area contributed by atoms with Crippen LogP contribution in [0.1, 0.15) is 12.8 Å². The van der Waals surface area contributed by atoms with Crippen molar-refractivity contribution in [1.29, 1.82) is 0 Å². The van der Waals surface area contributed by atoms with E-state index in [4.69, 9.17) is 16.2 Å². The topological polar surface area (TPSA) is 108 Å². The lowest BCUT2D eigenvalue weighted by Crippen LogP contribution is -2.42. The summed E-state index contributed by atoms with van der Waals surface area (Å²) in [5.41, 5.74) is 15.5. The summed E-state index contributed by atoms with van der Waals surface area (Å²) in [5.74, 6) is 1.45. The number of ether oxygens (including phenoxy) is 1. The van der Waals surface area contributed by atoms with E-state index >= 15 is 0 Å². The van der Waals surface area contributed by atoms with Crippen LogP contribution >= 0.6 is 0 Å². The number of hydrogen-bond donors (Lipinski definition) is 2. The largest absolute Gasteiger partial charge is 0.475 e. The van der Waals surface area contributed by atoms with E-state index in [1.54, 1.807) is 4.52 Å². The zero-order valence-corrected chi connectivity index (χ0v) is 23.1. The van der Waals surface area contributed by atoms with Gasteiger partial charge in [0.15, 0.2) is 5.82 Å². The molecule has 0 spiro atoms. The van der Waals surface area contributed by atoms with Gasteiger partial charge in [0, 0.05) is 31.8 Å². The van der Waals surface area contributed by atoms with Crippen LogP contribution < -0.4 is 25.7 Å². The molecule has 0 bridgehead atoms. The van der Waals surface area contributed by atoms with Gasteiger partial charge >= 0.3 is 0 Å². The maximum atomic E-state index is 6.26. The fourth-order valence-corrected chi connectivity index (χ4v) is 4.91. The maximum Gasteiger partial charge on any atom is 0.257 e. The summed E-state index contributed by atoms with van der Waals surface area (Å²) in [6, 6.07) is 11.8. The normalized spacial score (nSPS) is 15.2. The molecule has 5 aromatic rings. The predicted octanol–water partition coefficient (Wildman–Crippen LogP) is 2.21. The average molecular weight is 533 g/mol. The van der Waals surface area contributed by atoms with Gasteiger partial charge in [-0.1, -0.05) is 12.1 Å². The summed E-state index contributed by atoms with van der Waals surface area (Å²) >= 11 is 0. The summed E-state index contributed by atoms with van der Waals surface area (Å²) in [6.45, 7) is 5.90. The fourth-order valence-electron chi connectivity index (χ4n) is 4.91. The highest BCUT2D eigenvalue weighted by Crippen LogP contribution is 2.27. The minimum absolute atomic E-state index is 0.509. The molecule has 206 valence electrons. The molecule has 0 amide bonds. The average Bonchev–Trinajstić information content (AvgIpc) is 3.55. The van der Waals surface area contributed by atoms with Gasteiger partial charge in [-0.3, -0.25) is 0 Å². The van der Waals surface area contributed by atoms with Crippen LogP contribution in [0.4, 0.5) is 17.2 Å². The van der Waals surface area contributed by atoms with E-state index in [9.17, 15) is 0 Å². The van der Waals surface area contributed by atoms with Gasteiger partial charge in [0.1, 0.15) is 23.8 Å². The molecule has 0 aliphatic carbocycles. The maximum absolute atomic E-state index is 6.26. The van der Waals surface area contributed by atoms with Crippen LogP contribution in [0.3, 0.4) is 0 Å². The lowest BCUT2D eigenvalue weighted by molar-refractivity contribution is -0.887. The SMILES string of the molecule is C[N+]1(C)CCCN(c2nn3ccccc3c2N)CC1.C[n+]1ccn(CCCOc2nn3ccccc3c2N)c1. The van der Waals surface area contributed by atoms with Gasteiger partial charge in [0.25, 0.3) is 5.88 Å². The second kappa shape index (κ2) is 11.2. The Hall–Kier alpha value is -4.25. The zero-order valence-electron chi connectivity index (χ0n) is 23.1. The van der Waals surface area contributed by atoms with Gasteiger partial charge in [0.2, 0.25) is 6.33 Å². The Morgan fingerprint density at radius 1 is 0.923 bits per heavy atom. The van der Waals surface area contributed by atoms with Crippen molar-refractivity contribution in [2.75, 3.05) is 63.2 Å². The Balaban J connectivity index is 0.000000158. The monoisotopic (exact) mass is 532 g/mol. The summed E-state index contributed by atoms with van der Waals surface area (Å²) in [5, 5.41) is 8.96. The molecule has 0 aromatic carbocycles. The minimum Gasteiger partial charge on any atom is -0.475 e. The van der Waals surface area contributed by atoms with E-state index in [0.717, 1.165) is 59.6 Å². The van der Waals surface area contributed by atoms with E-state index < -0.39 is 0 Å². The van der Waals surface area contributed by atoms with Gasteiger partial charge in [-0.25, -0.2) is 18.2 Å². The van der Waals surface area contributed by atoms with Crippen LogP contribution in [0, 0.1) is 0 Å². The van der Waals surface area contributed by atoms with Gasteiger partial charge in [-0.05, 0) is 24.3 Å². The molecule has 1 fully saturated rings. The molecule has 1 saturated heterocycles. The highest BCUT2D eigenvalue weighted by atomic mass is 16.5. The molecule has 0 atom stereocenters. The second-order valence-electron chi connectivity index (χ2n) is 10.8. The van der Waals surface area contributed by atoms with E-state index in [0.29, 0.717) is 18.2 Å². The molecule has 6 heterocycles. The van der Waals surface area contributed by atoms with Crippen LogP contribution in [0.25, 0.3) is 11.0 Å². The van der Waals surface area contributed by atoms with Gasteiger partial charge in [-0.15, -0.1) is 10.2 Å². The Labute approximate surface area is 229 Å². The van der Waals surface area contributed by atoms with E-state index in [1.807, 2.05) is 83.6 Å². The van der Waals surface area contributed by atoms with Crippen molar-refractivity contribution in [2.24, 2.45) is 7.05 Å². The van der Waals surface area contributed by atoms with Crippen molar-refractivity contribution < 1.29 is 13.8 Å². The van der Waals surface area contributed by atoms with Crippen LogP contribution in [0.15, 0.2) is 67.5 Å². The zero-order chi connectivity index (χ0) is 27.4. The molecule has 11 nitrogen and oxygen atoms in total. The Kier molecular flexibility index (Phi) is 7.60. The molecule has 4 N–H and O–H groups in total. The number of aryl methyl sites for hydroxylation is 2. The summed E-state index contributed by atoms with van der Waals surface area (Å²) in [6.07, 6.45) is 12.0. The number of hydrogen-bond acceptors (Lipinski definition) is 6. The highest BCUT2D eigenvalue weighted by Gasteiger charge is 2.25. The number of nitrogens with two attached hydrogens (primary N) is 2. The van der Waals surface area contributed by atoms with E-state index in [-0.39, 0.29) is 0 Å². The third-order valence-electron chi connectivity index (χ3n) is 7.19. The molecule has 0 unspecified atom stereocenters. The molecule has 6 rings (SSSR count). The summed E-state index contributed by atoms with van der Waals surface area (Å²) in [7, 11) is 6.58. The number of rotatable bonds is 6. The lowest BCUT2D eigenvalue weighted by Gasteiger charge is -2.28. The van der Waals surface area contributed by atoms with Crippen LogP contribution in [0.2, 0.25) is 0 Å². The van der Waals surface area contributed by atoms with Gasteiger partial charge < -0.3 is 25.6 Å². The van der Waals surface area contributed by atoms with Gasteiger partial charge in [0.05, 0.1) is 65.0 Å². The molecule has 0 saturated carbocycles. The number of quaternary nitrogens is 1. The first kappa shape index (κ1) is 26.4. The molecular formula is C28H40N10O+2. The van der Waals surface area contributed by atoms with E-state index in [1.165, 1.54) is 13.0 Å². The van der Waals surface area contributed by atoms with Crippen molar-refractivity contribution in [2.45, 2.75) is 19.4 Å². The summed E-state index contributed by atoms with van der Waals surface area (Å²) < 4.78 is 14.5. The quantitative estimate of drug-likeness (QED) is 0.197. The number of pyridine rings is 2. The van der Waals surface area contributed by atoms with Crippen LogP contribution in [-0.2, 0) is 13.6 Å². The number of imidazole rings is 1. The number of anilines is 3. The lowest BCUT2D eigenvalue weighted by atomic mass is 10.3. The van der Waals surface area contributed by atoms with Crippen molar-refractivity contribution >= 4 is 28.2 Å². The smallest absolute Gasteiger partial charge is 0.257 e. The second-order valence-corrected chi connectivity index (χ2v) is 10.8. The molecule has 11 heteroatoms. The Morgan fingerprint density at radius 2 is 1.64 bits per heavy atom. The molecule has 0 radical (unpaired) electrons. The van der Waals surface area contributed by atoms with Gasteiger partial charge in [-0.2, -0.15) is 0 Å². The Bertz CT molecular complexity index is 1530. The van der Waals surface area contributed by atoms with Crippen molar-refractivity contribution in [3.05, 3.63) is 67.5 Å². The molecule has 39 heavy (non-hydrogen) atoms. The fraction of sp³-hybridized carbons (Fsp3) is 0.393. The third-order valence-corrected chi connectivity index (χ3v) is 7.19. The highest BCUT2D eigenvalue weighted by molar-refractivity contribution is 5.81. The minimum atomic E-state index is 0.509. The standard InChI is InChI=1S/C14H18N5O.C14H22N5/c1-17-8-9-18(11-17)6-4-10-20-14-13(15)12-5-2-3-7-19(12)16-14;1-19(2)10-5-7-17(9-11-19)14-13(15)12-6-3-4-8-18(12)16-14/h2-3,5,7-9,11H,4,6,10,15H2,1H3;3-4,6,8H,5,7,9-11,15H2,1-2H3/q2*+1. The number of fused-ring (bicyclic) bond motifs is 2. The Morgan fingerprint density at radius 3 is 2.31 bits per heavy atom. The number of nitrogens with zero attached hydrogens (tertiary/aromatic N) is 8. The first-order valence-corrected chi connectivity index (χ1v) is 13.5. The van der Waals surface area contributed by atoms with Crippen molar-refractivity contribution in [1.82, 2.24) is 23.8 Å². The first-order valence-electron chi connectivity index (χ1n) is 13.5. The first-order chi connectivity index (χ1) is 18.8. The molecule has 1 aliphatic heterocycles. The van der Waals surface area contributed by atoms with Crippen molar-refractivity contribution in [3.63, 3.8) is 0 Å². The predicted molar refractivity (Wildman–Crippen MR) is 154 cm³/mol. The molecule has 1 aliphatic rings. The molecule has 5 aromatic heterocycles.